The second kappa shape index (κ2) is 9.90. The maximum Gasteiger partial charge on any atom is 0.452 e. The van der Waals surface area contributed by atoms with Gasteiger partial charge in [-0.15, -0.1) is 0 Å². The molecule has 6 nitrogen and oxygen atoms in total. The van der Waals surface area contributed by atoms with E-state index in [1.165, 1.54) is 26.1 Å². The number of aromatic nitrogens is 1. The quantitative estimate of drug-likeness (QED) is 0.276. The van der Waals surface area contributed by atoms with Gasteiger partial charge in [-0.1, -0.05) is 6.92 Å². The molecular weight excluding hydrogens is 550 g/mol. The van der Waals surface area contributed by atoms with Crippen LogP contribution in [0.5, 0.6) is 11.6 Å². The normalized spacial score (nSPS) is 14.6. The fraction of sp³-hybridized carbons (Fsp3) is 0.545. The third-order valence-electron chi connectivity index (χ3n) is 4.40. The van der Waals surface area contributed by atoms with Gasteiger partial charge < -0.3 is 14.2 Å². The lowest BCUT2D eigenvalue weighted by atomic mass is 10.1. The topological polar surface area (TPSA) is 69.7 Å². The number of alkyl carbamates (subject to hydrolysis) is 1. The monoisotopic (exact) mass is 574 g/mol. The highest BCUT2D eigenvalue weighted by atomic mass is 79.9. The first kappa shape index (κ1) is 28.8. The number of pyridine rings is 1. The SMILES string of the molecule is CCC(F)(NC(=O)OC(C)(C)C)C(F)(F)Oc1c(Br)ccc2nc(OC(C)C)cc(C(F)(F)F)c12. The first-order chi connectivity index (χ1) is 15.8. The van der Waals surface area contributed by atoms with Crippen LogP contribution in [0, 0.1) is 0 Å². The molecule has 1 N–H and O–H groups in total. The molecule has 1 unspecified atom stereocenters. The van der Waals surface area contributed by atoms with Crippen LogP contribution in [0.1, 0.15) is 53.5 Å². The van der Waals surface area contributed by atoms with Crippen molar-refractivity contribution in [3.05, 3.63) is 28.2 Å². The maximum absolute atomic E-state index is 15.3. The van der Waals surface area contributed by atoms with Crippen molar-refractivity contribution in [1.29, 1.82) is 0 Å². The summed E-state index contributed by atoms with van der Waals surface area (Å²) in [5, 5.41) is 0.579. The molecule has 35 heavy (non-hydrogen) atoms. The van der Waals surface area contributed by atoms with Crippen LogP contribution in [0.15, 0.2) is 22.7 Å². The van der Waals surface area contributed by atoms with E-state index in [2.05, 4.69) is 25.7 Å². The number of amides is 1. The van der Waals surface area contributed by atoms with E-state index in [-0.39, 0.29) is 15.9 Å². The Hall–Kier alpha value is -2.44. The number of benzene rings is 1. The molecule has 1 atom stereocenters. The molecule has 0 aliphatic rings. The third-order valence-corrected chi connectivity index (χ3v) is 5.02. The van der Waals surface area contributed by atoms with Gasteiger partial charge in [-0.3, -0.25) is 5.32 Å². The van der Waals surface area contributed by atoms with Crippen LogP contribution in [0.2, 0.25) is 0 Å². The number of alkyl halides is 6. The van der Waals surface area contributed by atoms with Crippen LogP contribution in [0.25, 0.3) is 10.9 Å². The maximum atomic E-state index is 15.3. The Balaban J connectivity index is 2.64. The van der Waals surface area contributed by atoms with Gasteiger partial charge in [-0.05, 0) is 62.7 Å². The van der Waals surface area contributed by atoms with Crippen molar-refractivity contribution in [1.82, 2.24) is 10.3 Å². The van der Waals surface area contributed by atoms with E-state index in [1.807, 2.05) is 0 Å². The molecule has 1 heterocycles. The standard InChI is InChI=1S/C22H25BrF6N2O4/c1-7-20(24,31-18(32)35-19(4,5)6)22(28,29)34-17-13(23)8-9-14-16(17)12(21(25,26)27)10-15(30-14)33-11(2)3/h8-11H,7H2,1-6H3,(H,31,32). The molecule has 1 aromatic heterocycles. The van der Waals surface area contributed by atoms with Crippen LogP contribution in [0.3, 0.4) is 0 Å². The van der Waals surface area contributed by atoms with E-state index in [9.17, 15) is 18.0 Å². The number of nitrogens with zero attached hydrogens (tertiary/aromatic N) is 1. The molecule has 1 aromatic carbocycles. The van der Waals surface area contributed by atoms with Gasteiger partial charge in [-0.25, -0.2) is 14.2 Å². The van der Waals surface area contributed by atoms with Gasteiger partial charge in [0.1, 0.15) is 5.60 Å². The number of fused-ring (bicyclic) bond motifs is 1. The van der Waals surface area contributed by atoms with Gasteiger partial charge in [0.05, 0.1) is 27.0 Å². The fourth-order valence-corrected chi connectivity index (χ4v) is 3.32. The Kier molecular flexibility index (Phi) is 8.15. The largest absolute Gasteiger partial charge is 0.475 e. The summed E-state index contributed by atoms with van der Waals surface area (Å²) in [5.41, 5.74) is -2.90. The van der Waals surface area contributed by atoms with Gasteiger partial charge in [0.25, 0.3) is 5.79 Å². The number of ether oxygens (including phenoxy) is 3. The highest BCUT2D eigenvalue weighted by Crippen LogP contribution is 2.46. The smallest absolute Gasteiger partial charge is 0.452 e. The molecule has 196 valence electrons. The lowest BCUT2D eigenvalue weighted by Crippen LogP contribution is -2.60. The van der Waals surface area contributed by atoms with Crippen molar-refractivity contribution in [2.45, 2.75) is 77.7 Å². The van der Waals surface area contributed by atoms with Crippen molar-refractivity contribution in [3.63, 3.8) is 0 Å². The number of carbonyl (C=O) groups excluding carboxylic acids is 1. The second-order valence-electron chi connectivity index (χ2n) is 8.84. The Morgan fingerprint density at radius 3 is 2.20 bits per heavy atom. The van der Waals surface area contributed by atoms with E-state index >= 15 is 13.2 Å². The Bertz CT molecular complexity index is 1090. The van der Waals surface area contributed by atoms with Crippen LogP contribution < -0.4 is 14.8 Å². The van der Waals surface area contributed by atoms with E-state index in [4.69, 9.17) is 9.47 Å². The lowest BCUT2D eigenvalue weighted by Gasteiger charge is -2.34. The first-order valence-corrected chi connectivity index (χ1v) is 11.2. The zero-order valence-electron chi connectivity index (χ0n) is 19.7. The summed E-state index contributed by atoms with van der Waals surface area (Å²) in [6.07, 6.45) is -12.9. The van der Waals surface area contributed by atoms with Gasteiger partial charge >= 0.3 is 18.4 Å². The molecule has 0 fully saturated rings. The molecule has 0 saturated heterocycles. The molecule has 1 amide bonds. The molecular formula is C22H25BrF6N2O4. The number of hydrogen-bond acceptors (Lipinski definition) is 5. The summed E-state index contributed by atoms with van der Waals surface area (Å²) in [6.45, 7) is 8.43. The zero-order chi connectivity index (χ0) is 27.0. The molecule has 2 aromatic rings. The van der Waals surface area contributed by atoms with Crippen molar-refractivity contribution in [3.8, 4) is 11.6 Å². The van der Waals surface area contributed by atoms with Crippen LogP contribution >= 0.6 is 15.9 Å². The Morgan fingerprint density at radius 2 is 1.71 bits per heavy atom. The average Bonchev–Trinajstić information content (AvgIpc) is 2.66. The summed E-state index contributed by atoms with van der Waals surface area (Å²) < 4.78 is 102. The Morgan fingerprint density at radius 1 is 1.11 bits per heavy atom. The van der Waals surface area contributed by atoms with Crippen LogP contribution in [-0.2, 0) is 10.9 Å². The van der Waals surface area contributed by atoms with E-state index in [0.717, 1.165) is 19.1 Å². The van der Waals surface area contributed by atoms with Crippen molar-refractivity contribution < 1.29 is 45.3 Å². The molecule has 0 saturated carbocycles. The number of carbonyl (C=O) groups is 1. The highest BCUT2D eigenvalue weighted by molar-refractivity contribution is 9.10. The Labute approximate surface area is 206 Å². The first-order valence-electron chi connectivity index (χ1n) is 10.4. The van der Waals surface area contributed by atoms with Gasteiger partial charge in [0.15, 0.2) is 5.75 Å². The van der Waals surface area contributed by atoms with E-state index < -0.39 is 59.0 Å². The number of nitrogens with one attached hydrogen (secondary N) is 1. The lowest BCUT2D eigenvalue weighted by molar-refractivity contribution is -0.272. The predicted molar refractivity (Wildman–Crippen MR) is 119 cm³/mol. The van der Waals surface area contributed by atoms with Crippen molar-refractivity contribution in [2.75, 3.05) is 0 Å². The van der Waals surface area contributed by atoms with Crippen molar-refractivity contribution >= 4 is 32.9 Å². The number of hydrogen-bond donors (Lipinski definition) is 1. The summed E-state index contributed by atoms with van der Waals surface area (Å²) in [7, 11) is 0. The molecule has 0 radical (unpaired) electrons. The minimum atomic E-state index is -5.03. The predicted octanol–water partition coefficient (Wildman–Crippen LogP) is 7.38. The number of halogens is 7. The van der Waals surface area contributed by atoms with E-state index in [1.54, 1.807) is 13.8 Å². The van der Waals surface area contributed by atoms with Crippen LogP contribution in [-0.4, -0.2) is 34.7 Å². The molecule has 0 aliphatic heterocycles. The van der Waals surface area contributed by atoms with Gasteiger partial charge in [0, 0.05) is 12.5 Å². The molecule has 2 rings (SSSR count). The minimum Gasteiger partial charge on any atom is -0.475 e. The summed E-state index contributed by atoms with van der Waals surface area (Å²) in [6, 6.07) is 2.79. The molecule has 0 bridgehead atoms. The summed E-state index contributed by atoms with van der Waals surface area (Å²) in [5.74, 6) is -5.24. The molecule has 0 spiro atoms. The van der Waals surface area contributed by atoms with Gasteiger partial charge in [0.2, 0.25) is 5.88 Å². The number of rotatable bonds is 7. The third kappa shape index (κ3) is 6.83. The fourth-order valence-electron chi connectivity index (χ4n) is 2.91. The van der Waals surface area contributed by atoms with Crippen LogP contribution in [0.4, 0.5) is 31.1 Å². The summed E-state index contributed by atoms with van der Waals surface area (Å²) >= 11 is 2.89. The van der Waals surface area contributed by atoms with Gasteiger partial charge in [-0.2, -0.15) is 22.0 Å². The van der Waals surface area contributed by atoms with Crippen molar-refractivity contribution in [2.24, 2.45) is 0 Å². The van der Waals surface area contributed by atoms with E-state index in [0.29, 0.717) is 6.07 Å². The molecule has 0 aliphatic carbocycles. The summed E-state index contributed by atoms with van der Waals surface area (Å²) in [4.78, 5) is 15.9. The second-order valence-corrected chi connectivity index (χ2v) is 9.70. The minimum absolute atomic E-state index is 0.328. The highest BCUT2D eigenvalue weighted by Gasteiger charge is 2.59. The average molecular weight is 575 g/mol. The molecule has 13 heteroatoms. The zero-order valence-corrected chi connectivity index (χ0v) is 21.3.